The van der Waals surface area contributed by atoms with Crippen molar-refractivity contribution in [2.75, 3.05) is 31.6 Å². The number of rotatable bonds is 6. The second-order valence-corrected chi connectivity index (χ2v) is 4.88. The highest BCUT2D eigenvalue weighted by Crippen LogP contribution is 2.23. The molecule has 0 aliphatic carbocycles. The summed E-state index contributed by atoms with van der Waals surface area (Å²) < 4.78 is 5.63. The van der Waals surface area contributed by atoms with Crippen molar-refractivity contribution in [2.45, 2.75) is 26.2 Å². The van der Waals surface area contributed by atoms with Crippen LogP contribution in [0.25, 0.3) is 0 Å². The van der Waals surface area contributed by atoms with E-state index in [9.17, 15) is 4.79 Å². The summed E-state index contributed by atoms with van der Waals surface area (Å²) in [6.07, 6.45) is 3.35. The third-order valence-electron chi connectivity index (χ3n) is 3.19. The van der Waals surface area contributed by atoms with E-state index in [1.54, 1.807) is 0 Å². The fourth-order valence-electron chi connectivity index (χ4n) is 2.24. The second kappa shape index (κ2) is 7.14. The summed E-state index contributed by atoms with van der Waals surface area (Å²) in [4.78, 5) is 14.2. The lowest BCUT2D eigenvalue weighted by atomic mass is 10.3. The van der Waals surface area contributed by atoms with Crippen LogP contribution in [0.2, 0.25) is 0 Å². The van der Waals surface area contributed by atoms with Gasteiger partial charge in [0.15, 0.2) is 0 Å². The van der Waals surface area contributed by atoms with Gasteiger partial charge in [-0.2, -0.15) is 0 Å². The Labute approximate surface area is 114 Å². The standard InChI is InChI=1S/C15H22N2O2/c1-2-11-19-14-8-4-3-7-13(14)16-15(18)12-17-9-5-6-10-17/h3-4,7-8H,2,5-6,9-12H2,1H3,(H,16,18). The van der Waals surface area contributed by atoms with Crippen LogP contribution >= 0.6 is 0 Å². The van der Waals surface area contributed by atoms with Crippen LogP contribution in [-0.4, -0.2) is 37.0 Å². The van der Waals surface area contributed by atoms with Gasteiger partial charge in [-0.3, -0.25) is 9.69 Å². The fourth-order valence-corrected chi connectivity index (χ4v) is 2.24. The van der Waals surface area contributed by atoms with E-state index in [2.05, 4.69) is 17.1 Å². The van der Waals surface area contributed by atoms with Crippen molar-refractivity contribution in [3.05, 3.63) is 24.3 Å². The zero-order chi connectivity index (χ0) is 13.5. The molecule has 0 bridgehead atoms. The molecule has 104 valence electrons. The second-order valence-electron chi connectivity index (χ2n) is 4.88. The van der Waals surface area contributed by atoms with E-state index in [1.807, 2.05) is 24.3 Å². The monoisotopic (exact) mass is 262 g/mol. The van der Waals surface area contributed by atoms with Crippen molar-refractivity contribution >= 4 is 11.6 Å². The first-order valence-corrected chi connectivity index (χ1v) is 7.03. The lowest BCUT2D eigenvalue weighted by molar-refractivity contribution is -0.117. The number of anilines is 1. The smallest absolute Gasteiger partial charge is 0.238 e. The third-order valence-corrected chi connectivity index (χ3v) is 3.19. The third kappa shape index (κ3) is 4.24. The van der Waals surface area contributed by atoms with Gasteiger partial charge in [0.25, 0.3) is 0 Å². The maximum atomic E-state index is 12.0. The number of likely N-dealkylation sites (tertiary alicyclic amines) is 1. The van der Waals surface area contributed by atoms with Crippen LogP contribution in [0.15, 0.2) is 24.3 Å². The summed E-state index contributed by atoms with van der Waals surface area (Å²) in [6.45, 7) is 5.26. The number of ether oxygens (including phenoxy) is 1. The molecule has 4 nitrogen and oxygen atoms in total. The molecule has 0 aromatic heterocycles. The molecule has 1 aromatic carbocycles. The largest absolute Gasteiger partial charge is 0.491 e. The molecule has 2 rings (SSSR count). The molecule has 1 aliphatic rings. The van der Waals surface area contributed by atoms with E-state index in [0.717, 1.165) is 30.9 Å². The average Bonchev–Trinajstić information content (AvgIpc) is 2.90. The van der Waals surface area contributed by atoms with Gasteiger partial charge in [0.05, 0.1) is 18.8 Å². The van der Waals surface area contributed by atoms with Crippen LogP contribution in [0.5, 0.6) is 5.75 Å². The van der Waals surface area contributed by atoms with Gasteiger partial charge in [0.2, 0.25) is 5.91 Å². The number of hydrogen-bond acceptors (Lipinski definition) is 3. The number of nitrogens with one attached hydrogen (secondary N) is 1. The minimum absolute atomic E-state index is 0.0365. The lowest BCUT2D eigenvalue weighted by Gasteiger charge is -2.16. The van der Waals surface area contributed by atoms with Gasteiger partial charge in [-0.05, 0) is 44.5 Å². The first kappa shape index (κ1) is 13.9. The van der Waals surface area contributed by atoms with E-state index in [4.69, 9.17) is 4.74 Å². The molecular weight excluding hydrogens is 240 g/mol. The Hall–Kier alpha value is -1.55. The number of carbonyl (C=O) groups excluding carboxylic acids is 1. The maximum absolute atomic E-state index is 12.0. The number of nitrogens with zero attached hydrogens (tertiary/aromatic N) is 1. The molecule has 0 saturated carbocycles. The van der Waals surface area contributed by atoms with E-state index in [0.29, 0.717) is 13.2 Å². The predicted molar refractivity (Wildman–Crippen MR) is 76.5 cm³/mol. The molecule has 1 aliphatic heterocycles. The van der Waals surface area contributed by atoms with E-state index >= 15 is 0 Å². The number of para-hydroxylation sites is 2. The Bertz CT molecular complexity index is 414. The summed E-state index contributed by atoms with van der Waals surface area (Å²) >= 11 is 0. The van der Waals surface area contributed by atoms with Crippen molar-refractivity contribution < 1.29 is 9.53 Å². The number of benzene rings is 1. The van der Waals surface area contributed by atoms with Gasteiger partial charge < -0.3 is 10.1 Å². The van der Waals surface area contributed by atoms with Crippen LogP contribution in [0, 0.1) is 0 Å². The van der Waals surface area contributed by atoms with Crippen LogP contribution in [0.3, 0.4) is 0 Å². The molecule has 0 atom stereocenters. The first-order chi connectivity index (χ1) is 9.29. The lowest BCUT2D eigenvalue weighted by Crippen LogP contribution is -2.31. The molecule has 1 saturated heterocycles. The molecular formula is C15H22N2O2. The quantitative estimate of drug-likeness (QED) is 0.856. The van der Waals surface area contributed by atoms with Crippen LogP contribution < -0.4 is 10.1 Å². The van der Waals surface area contributed by atoms with Gasteiger partial charge >= 0.3 is 0 Å². The average molecular weight is 262 g/mol. The topological polar surface area (TPSA) is 41.6 Å². The van der Waals surface area contributed by atoms with Gasteiger partial charge in [-0.1, -0.05) is 19.1 Å². The van der Waals surface area contributed by atoms with E-state index < -0.39 is 0 Å². The van der Waals surface area contributed by atoms with Crippen molar-refractivity contribution in [3.63, 3.8) is 0 Å². The minimum atomic E-state index is 0.0365. The summed E-state index contributed by atoms with van der Waals surface area (Å²) in [7, 11) is 0. The van der Waals surface area contributed by atoms with Crippen molar-refractivity contribution in [3.8, 4) is 5.75 Å². The Morgan fingerprint density at radius 2 is 2.05 bits per heavy atom. The highest BCUT2D eigenvalue weighted by molar-refractivity contribution is 5.93. The van der Waals surface area contributed by atoms with Crippen LogP contribution in [-0.2, 0) is 4.79 Å². The number of hydrogen-bond donors (Lipinski definition) is 1. The normalized spacial score (nSPS) is 15.4. The van der Waals surface area contributed by atoms with Gasteiger partial charge in [-0.25, -0.2) is 0 Å². The molecule has 1 fully saturated rings. The Balaban J connectivity index is 1.91. The predicted octanol–water partition coefficient (Wildman–Crippen LogP) is 2.51. The van der Waals surface area contributed by atoms with Crippen molar-refractivity contribution in [2.24, 2.45) is 0 Å². The molecule has 19 heavy (non-hydrogen) atoms. The number of carbonyl (C=O) groups is 1. The van der Waals surface area contributed by atoms with Crippen LogP contribution in [0.1, 0.15) is 26.2 Å². The Morgan fingerprint density at radius 3 is 2.79 bits per heavy atom. The Morgan fingerprint density at radius 1 is 1.32 bits per heavy atom. The molecule has 4 heteroatoms. The zero-order valence-electron chi connectivity index (χ0n) is 11.5. The van der Waals surface area contributed by atoms with Crippen molar-refractivity contribution in [1.29, 1.82) is 0 Å². The molecule has 1 amide bonds. The number of amides is 1. The van der Waals surface area contributed by atoms with Gasteiger partial charge in [0.1, 0.15) is 5.75 Å². The summed E-state index contributed by atoms with van der Waals surface area (Å²) in [5, 5.41) is 2.94. The highest BCUT2D eigenvalue weighted by atomic mass is 16.5. The molecule has 1 aromatic rings. The summed E-state index contributed by atoms with van der Waals surface area (Å²) in [5.74, 6) is 0.786. The molecule has 0 unspecified atom stereocenters. The minimum Gasteiger partial charge on any atom is -0.491 e. The van der Waals surface area contributed by atoms with Crippen molar-refractivity contribution in [1.82, 2.24) is 4.90 Å². The first-order valence-electron chi connectivity index (χ1n) is 7.03. The Kier molecular flexibility index (Phi) is 5.21. The van der Waals surface area contributed by atoms with Crippen LogP contribution in [0.4, 0.5) is 5.69 Å². The maximum Gasteiger partial charge on any atom is 0.238 e. The van der Waals surface area contributed by atoms with E-state index in [1.165, 1.54) is 12.8 Å². The fraction of sp³-hybridized carbons (Fsp3) is 0.533. The molecule has 0 spiro atoms. The molecule has 0 radical (unpaired) electrons. The zero-order valence-corrected chi connectivity index (χ0v) is 11.5. The SMILES string of the molecule is CCCOc1ccccc1NC(=O)CN1CCCC1. The highest BCUT2D eigenvalue weighted by Gasteiger charge is 2.15. The molecule has 1 heterocycles. The molecule has 1 N–H and O–H groups in total. The summed E-state index contributed by atoms with van der Waals surface area (Å²) in [5.41, 5.74) is 0.764. The van der Waals surface area contributed by atoms with Gasteiger partial charge in [-0.15, -0.1) is 0 Å². The van der Waals surface area contributed by atoms with E-state index in [-0.39, 0.29) is 5.91 Å². The van der Waals surface area contributed by atoms with Gasteiger partial charge in [0, 0.05) is 0 Å². The summed E-state index contributed by atoms with van der Waals surface area (Å²) in [6, 6.07) is 7.60.